The number of para-hydroxylation sites is 2. The lowest BCUT2D eigenvalue weighted by molar-refractivity contribution is 0.572. The number of rotatable bonds is 10. The highest BCUT2D eigenvalue weighted by atomic mass is 16.3. The molecule has 0 aliphatic heterocycles. The van der Waals surface area contributed by atoms with E-state index in [2.05, 4.69) is 355 Å². The van der Waals surface area contributed by atoms with Crippen LogP contribution in [0.3, 0.4) is 0 Å². The molecule has 2 heteroatoms. The number of hydrogen-bond donors (Lipinski definition) is 0. The molecule has 9 rings (SSSR count). The van der Waals surface area contributed by atoms with Crippen LogP contribution < -0.4 is 10.9 Å². The first kappa shape index (κ1) is 69.3. The number of aryl methyl sites for hydroxylation is 5. The van der Waals surface area contributed by atoms with Crippen LogP contribution in [-0.2, 0) is 45.3 Å². The van der Waals surface area contributed by atoms with E-state index in [4.69, 9.17) is 4.42 Å². The average molecular weight is 1180 g/mol. The Kier molecular flexibility index (Phi) is 21.4. The zero-order valence-corrected chi connectivity index (χ0v) is 59.7. The van der Waals surface area contributed by atoms with Gasteiger partial charge >= 0.3 is 0 Å². The SMILES string of the molecule is C/C=C/C(=C\C(C)=C(/Cc1ccc(C(C)(C)C)cc1)B(c1cc(C(C)(C)C)ccc1C)c1cc(C(C)(C)C)ccc1C)Cc1ccccc1C.Cc1ccc(C(C)(C)C)cc1-c1ccc(C(C)(C)C)cc1.Cc1cccc2c1oc1c(C(C)(C)C)cccc12. The van der Waals surface area contributed by atoms with Crippen molar-refractivity contribution in [2.45, 2.75) is 218 Å². The normalized spacial score (nSPS) is 13.1. The molecule has 0 unspecified atom stereocenters. The Labute approximate surface area is 541 Å². The fourth-order valence-corrected chi connectivity index (χ4v) is 12.1. The van der Waals surface area contributed by atoms with Gasteiger partial charge in [0, 0.05) is 16.3 Å². The summed E-state index contributed by atoms with van der Waals surface area (Å²) in [7, 11) is 0. The average Bonchev–Trinajstić information content (AvgIpc) is 1.84. The van der Waals surface area contributed by atoms with E-state index < -0.39 is 0 Å². The van der Waals surface area contributed by atoms with E-state index in [0.29, 0.717) is 0 Å². The second-order valence-corrected chi connectivity index (χ2v) is 31.8. The van der Waals surface area contributed by atoms with Crippen molar-refractivity contribution in [3.05, 3.63) is 271 Å². The minimum Gasteiger partial charge on any atom is -0.455 e. The third-order valence-corrected chi connectivity index (χ3v) is 18.1. The highest BCUT2D eigenvalue weighted by molar-refractivity contribution is 6.91. The molecule has 89 heavy (non-hydrogen) atoms. The van der Waals surface area contributed by atoms with Crippen molar-refractivity contribution in [2.24, 2.45) is 0 Å². The highest BCUT2D eigenvalue weighted by Crippen LogP contribution is 2.38. The summed E-state index contributed by atoms with van der Waals surface area (Å²) < 4.78 is 6.14. The van der Waals surface area contributed by atoms with Gasteiger partial charge in [-0.05, 0) is 166 Å². The first-order chi connectivity index (χ1) is 41.4. The van der Waals surface area contributed by atoms with Crippen LogP contribution in [0.15, 0.2) is 203 Å². The minimum atomic E-state index is 0.0452. The van der Waals surface area contributed by atoms with E-state index in [1.807, 2.05) is 0 Å². The second kappa shape index (κ2) is 27.5. The van der Waals surface area contributed by atoms with Crippen LogP contribution in [0.25, 0.3) is 33.1 Å². The predicted octanol–water partition coefficient (Wildman–Crippen LogP) is 23.4. The van der Waals surface area contributed by atoms with Gasteiger partial charge in [-0.3, -0.25) is 0 Å². The molecule has 0 amide bonds. The van der Waals surface area contributed by atoms with Gasteiger partial charge in [0.15, 0.2) is 0 Å². The summed E-state index contributed by atoms with van der Waals surface area (Å²) in [5.41, 5.74) is 29.8. The van der Waals surface area contributed by atoms with Gasteiger partial charge in [-0.2, -0.15) is 0 Å². The molecule has 0 aliphatic rings. The van der Waals surface area contributed by atoms with E-state index >= 15 is 0 Å². The first-order valence-corrected chi connectivity index (χ1v) is 32.9. The number of furan rings is 1. The van der Waals surface area contributed by atoms with Gasteiger partial charge < -0.3 is 4.42 Å². The molecule has 466 valence electrons. The standard InChI is InChI=1S/C49H63B.C21H28.C17H18O/c1-15-18-39(30-40-20-17-16-19-34(40)2)29-37(5)44(31-38-23-27-41(28-24-38)47(6,7)8)50(45-32-42(48(9,10)11)25-21-35(45)3)46-33-43(49(12,13)14)26-22-36(46)4;1-15-8-11-18(21(5,6)7)14-19(15)16-9-12-17(13-10-16)20(2,3)4;1-11-7-5-8-12-13-9-6-10-14(17(2,3)4)16(13)18-15(11)12/h15-29,32-33H,30-31H2,1-14H3;8-14H,1-7H3;5-10H,1-4H3/b18-15+,39-29+,44-37+;;. The maximum absolute atomic E-state index is 6.14. The summed E-state index contributed by atoms with van der Waals surface area (Å²) in [5, 5.41) is 2.44. The maximum Gasteiger partial charge on any atom is 0.238 e. The van der Waals surface area contributed by atoms with Gasteiger partial charge in [0.2, 0.25) is 6.71 Å². The zero-order valence-electron chi connectivity index (χ0n) is 59.7. The molecule has 0 atom stereocenters. The van der Waals surface area contributed by atoms with Gasteiger partial charge in [-0.15, -0.1) is 0 Å². The molecule has 1 nitrogen and oxygen atoms in total. The largest absolute Gasteiger partial charge is 0.455 e. The van der Waals surface area contributed by atoms with Crippen molar-refractivity contribution >= 4 is 39.6 Å². The monoisotopic (exact) mass is 1180 g/mol. The summed E-state index contributed by atoms with van der Waals surface area (Å²) in [4.78, 5) is 0. The molecule has 0 N–H and O–H groups in total. The van der Waals surface area contributed by atoms with Crippen LogP contribution >= 0.6 is 0 Å². The summed E-state index contributed by atoms with van der Waals surface area (Å²) in [6, 6.07) is 61.3. The van der Waals surface area contributed by atoms with E-state index in [9.17, 15) is 0 Å². The number of benzene rings is 8. The van der Waals surface area contributed by atoms with Gasteiger partial charge in [0.1, 0.15) is 11.2 Å². The lowest BCUT2D eigenvalue weighted by Gasteiger charge is -2.29. The summed E-state index contributed by atoms with van der Waals surface area (Å²) >= 11 is 0. The third-order valence-electron chi connectivity index (χ3n) is 18.1. The van der Waals surface area contributed by atoms with Crippen molar-refractivity contribution in [3.8, 4) is 11.1 Å². The first-order valence-electron chi connectivity index (χ1n) is 32.9. The van der Waals surface area contributed by atoms with Gasteiger partial charge in [0.05, 0.1) is 0 Å². The Morgan fingerprint density at radius 1 is 0.404 bits per heavy atom. The molecular weight excluding hydrogens is 1070 g/mol. The van der Waals surface area contributed by atoms with Crippen molar-refractivity contribution in [1.82, 2.24) is 0 Å². The molecule has 1 heterocycles. The van der Waals surface area contributed by atoms with Gasteiger partial charge in [0.25, 0.3) is 0 Å². The molecule has 0 radical (unpaired) electrons. The summed E-state index contributed by atoms with van der Waals surface area (Å²) in [5.74, 6) is 0. The molecule has 9 aromatic rings. The number of hydrogen-bond acceptors (Lipinski definition) is 1. The molecule has 0 fully saturated rings. The molecule has 1 aromatic heterocycles. The van der Waals surface area contributed by atoms with E-state index in [1.54, 1.807) is 0 Å². The summed E-state index contributed by atoms with van der Waals surface area (Å²) in [6.45, 7) is 56.9. The Balaban J connectivity index is 0.000000233. The lowest BCUT2D eigenvalue weighted by atomic mass is 9.33. The van der Waals surface area contributed by atoms with Crippen LogP contribution in [0.2, 0.25) is 0 Å². The van der Waals surface area contributed by atoms with Crippen molar-refractivity contribution < 1.29 is 4.42 Å². The van der Waals surface area contributed by atoms with Gasteiger partial charge in [-0.1, -0.05) is 340 Å². The number of allylic oxidation sites excluding steroid dienone is 6. The van der Waals surface area contributed by atoms with E-state index in [-0.39, 0.29) is 39.2 Å². The molecule has 0 saturated heterocycles. The fourth-order valence-electron chi connectivity index (χ4n) is 12.1. The molecule has 0 spiro atoms. The van der Waals surface area contributed by atoms with E-state index in [0.717, 1.165) is 24.0 Å². The lowest BCUT2D eigenvalue weighted by Crippen LogP contribution is -2.48. The predicted molar refractivity (Wildman–Crippen MR) is 395 cm³/mol. The molecule has 0 aliphatic carbocycles. The molecular formula is C87H109BO. The smallest absolute Gasteiger partial charge is 0.238 e. The van der Waals surface area contributed by atoms with E-state index in [1.165, 1.54) is 122 Å². The van der Waals surface area contributed by atoms with Crippen LogP contribution in [0.5, 0.6) is 0 Å². The second-order valence-electron chi connectivity index (χ2n) is 31.8. The number of fused-ring (bicyclic) bond motifs is 3. The highest BCUT2D eigenvalue weighted by Gasteiger charge is 2.32. The molecule has 0 saturated carbocycles. The Hall–Kier alpha value is -7.16. The van der Waals surface area contributed by atoms with Gasteiger partial charge in [-0.25, -0.2) is 0 Å². The van der Waals surface area contributed by atoms with Crippen LogP contribution in [0.1, 0.15) is 211 Å². The molecule has 8 aromatic carbocycles. The van der Waals surface area contributed by atoms with Crippen LogP contribution in [0, 0.1) is 34.6 Å². The van der Waals surface area contributed by atoms with Crippen molar-refractivity contribution in [1.29, 1.82) is 0 Å². The Bertz CT molecular complexity index is 3930. The fraction of sp³-hybridized carbons (Fsp3) is 0.379. The Morgan fingerprint density at radius 3 is 1.33 bits per heavy atom. The zero-order chi connectivity index (χ0) is 65.8. The van der Waals surface area contributed by atoms with Crippen molar-refractivity contribution in [2.75, 3.05) is 0 Å². The van der Waals surface area contributed by atoms with Crippen molar-refractivity contribution in [3.63, 3.8) is 0 Å². The molecule has 0 bridgehead atoms. The third kappa shape index (κ3) is 17.4. The minimum absolute atomic E-state index is 0.0452. The topological polar surface area (TPSA) is 13.1 Å². The maximum atomic E-state index is 6.14. The Morgan fingerprint density at radius 2 is 0.843 bits per heavy atom. The quantitative estimate of drug-likeness (QED) is 0.0983. The van der Waals surface area contributed by atoms with Crippen LogP contribution in [-0.4, -0.2) is 6.71 Å². The van der Waals surface area contributed by atoms with Crippen LogP contribution in [0.4, 0.5) is 0 Å². The summed E-state index contributed by atoms with van der Waals surface area (Å²) in [6.07, 6.45) is 8.75.